The Bertz CT molecular complexity index is 312. The molecule has 3 amide bonds. The Morgan fingerprint density at radius 2 is 1.53 bits per heavy atom. The van der Waals surface area contributed by atoms with Crippen molar-refractivity contribution in [3.63, 3.8) is 0 Å². The fourth-order valence-electron chi connectivity index (χ4n) is 0.734. The minimum Gasteiger partial charge on any atom is -0.355 e. The minimum absolute atomic E-state index is 0.0411. The standard InChI is InChI=1S/C8H9NO.C2H6N2O/c1-9-8(10)7-5-3-2-4-6-7;1-4-2(3)5/h2-6H,1H3,(H,9,10);1H3,(H3,3,4,5). The summed E-state index contributed by atoms with van der Waals surface area (Å²) in [6, 6.07) is 8.62. The molecule has 0 bridgehead atoms. The predicted octanol–water partition coefficient (Wildman–Crippen LogP) is 0.331. The maximum atomic E-state index is 10.9. The van der Waals surface area contributed by atoms with Crippen LogP contribution in [-0.2, 0) is 0 Å². The van der Waals surface area contributed by atoms with Gasteiger partial charge in [-0.1, -0.05) is 18.2 Å². The molecule has 1 rings (SSSR count). The highest BCUT2D eigenvalue weighted by Gasteiger charge is 1.97. The van der Waals surface area contributed by atoms with Gasteiger partial charge in [-0.3, -0.25) is 4.79 Å². The van der Waals surface area contributed by atoms with Crippen LogP contribution >= 0.6 is 0 Å². The van der Waals surface area contributed by atoms with Crippen molar-refractivity contribution in [2.45, 2.75) is 0 Å². The van der Waals surface area contributed by atoms with Crippen LogP contribution in [0, 0.1) is 0 Å². The highest BCUT2D eigenvalue weighted by Crippen LogP contribution is 1.96. The number of hydrogen-bond donors (Lipinski definition) is 3. The van der Waals surface area contributed by atoms with E-state index < -0.39 is 6.03 Å². The first-order valence-electron chi connectivity index (χ1n) is 4.36. The van der Waals surface area contributed by atoms with Crippen LogP contribution in [0.5, 0.6) is 0 Å². The second-order valence-corrected chi connectivity index (χ2v) is 2.56. The lowest BCUT2D eigenvalue weighted by Crippen LogP contribution is -2.24. The first-order valence-corrected chi connectivity index (χ1v) is 4.36. The van der Waals surface area contributed by atoms with E-state index in [1.54, 1.807) is 19.2 Å². The molecule has 5 heteroatoms. The highest BCUT2D eigenvalue weighted by atomic mass is 16.2. The van der Waals surface area contributed by atoms with Crippen LogP contribution < -0.4 is 16.4 Å². The van der Waals surface area contributed by atoms with Crippen molar-refractivity contribution in [1.82, 2.24) is 10.6 Å². The summed E-state index contributed by atoms with van der Waals surface area (Å²) in [7, 11) is 3.09. The SMILES string of the molecule is CNC(=O)c1ccccc1.CNC(N)=O. The number of benzene rings is 1. The average molecular weight is 209 g/mol. The zero-order chi connectivity index (χ0) is 11.7. The summed E-state index contributed by atoms with van der Waals surface area (Å²) in [4.78, 5) is 20.4. The predicted molar refractivity (Wildman–Crippen MR) is 58.5 cm³/mol. The molecule has 5 nitrogen and oxygen atoms in total. The van der Waals surface area contributed by atoms with Gasteiger partial charge in [0.2, 0.25) is 0 Å². The molecule has 15 heavy (non-hydrogen) atoms. The van der Waals surface area contributed by atoms with Crippen LogP contribution in [0.25, 0.3) is 0 Å². The quantitative estimate of drug-likeness (QED) is 0.622. The van der Waals surface area contributed by atoms with E-state index in [2.05, 4.69) is 16.4 Å². The number of carbonyl (C=O) groups excluding carboxylic acids is 2. The van der Waals surface area contributed by atoms with Crippen molar-refractivity contribution >= 4 is 11.9 Å². The highest BCUT2D eigenvalue weighted by molar-refractivity contribution is 5.93. The first-order chi connectivity index (χ1) is 7.11. The molecule has 0 saturated carbocycles. The summed E-state index contributed by atoms with van der Waals surface area (Å²) in [5, 5.41) is 4.71. The lowest BCUT2D eigenvalue weighted by molar-refractivity contribution is 0.0963. The van der Waals surface area contributed by atoms with Gasteiger partial charge < -0.3 is 16.4 Å². The zero-order valence-corrected chi connectivity index (χ0v) is 8.78. The van der Waals surface area contributed by atoms with E-state index in [0.717, 1.165) is 0 Å². The molecule has 1 aromatic rings. The van der Waals surface area contributed by atoms with E-state index >= 15 is 0 Å². The van der Waals surface area contributed by atoms with Gasteiger partial charge in [0.1, 0.15) is 0 Å². The molecule has 0 aliphatic carbocycles. The maximum Gasteiger partial charge on any atom is 0.311 e. The Labute approximate surface area is 88.7 Å². The monoisotopic (exact) mass is 209 g/mol. The number of nitrogens with one attached hydrogen (secondary N) is 2. The number of rotatable bonds is 1. The molecular weight excluding hydrogens is 194 g/mol. The molecule has 0 unspecified atom stereocenters. The number of nitrogens with two attached hydrogens (primary N) is 1. The van der Waals surface area contributed by atoms with Gasteiger partial charge in [0.25, 0.3) is 5.91 Å². The molecule has 1 aromatic carbocycles. The molecule has 0 spiro atoms. The summed E-state index contributed by atoms with van der Waals surface area (Å²) in [6.45, 7) is 0. The number of urea groups is 1. The van der Waals surface area contributed by atoms with Crippen molar-refractivity contribution in [3.05, 3.63) is 35.9 Å². The summed E-state index contributed by atoms with van der Waals surface area (Å²) < 4.78 is 0. The van der Waals surface area contributed by atoms with Crippen molar-refractivity contribution in [3.8, 4) is 0 Å². The van der Waals surface area contributed by atoms with Crippen LogP contribution in [-0.4, -0.2) is 26.0 Å². The summed E-state index contributed by atoms with van der Waals surface area (Å²) in [5.74, 6) is -0.0411. The van der Waals surface area contributed by atoms with E-state index in [4.69, 9.17) is 0 Å². The maximum absolute atomic E-state index is 10.9. The van der Waals surface area contributed by atoms with Gasteiger partial charge in [0.05, 0.1) is 0 Å². The van der Waals surface area contributed by atoms with Gasteiger partial charge in [0, 0.05) is 19.7 Å². The summed E-state index contributed by atoms with van der Waals surface area (Å²) in [6.07, 6.45) is 0. The fourth-order valence-corrected chi connectivity index (χ4v) is 0.734. The Morgan fingerprint density at radius 1 is 1.07 bits per heavy atom. The van der Waals surface area contributed by atoms with Crippen LogP contribution in [0.2, 0.25) is 0 Å². The van der Waals surface area contributed by atoms with Gasteiger partial charge in [-0.15, -0.1) is 0 Å². The van der Waals surface area contributed by atoms with Gasteiger partial charge >= 0.3 is 6.03 Å². The molecule has 0 aliphatic rings. The molecule has 0 saturated heterocycles. The third-order valence-electron chi connectivity index (χ3n) is 1.51. The molecule has 0 aromatic heterocycles. The minimum atomic E-state index is -0.495. The number of amides is 3. The normalized spacial score (nSPS) is 8.13. The van der Waals surface area contributed by atoms with Crippen LogP contribution in [0.1, 0.15) is 10.4 Å². The topological polar surface area (TPSA) is 84.2 Å². The van der Waals surface area contributed by atoms with Crippen molar-refractivity contribution < 1.29 is 9.59 Å². The molecular formula is C10H15N3O2. The lowest BCUT2D eigenvalue weighted by atomic mass is 10.2. The van der Waals surface area contributed by atoms with Crippen LogP contribution in [0.3, 0.4) is 0 Å². The first kappa shape index (κ1) is 13.0. The van der Waals surface area contributed by atoms with Gasteiger partial charge in [-0.05, 0) is 12.1 Å². The van der Waals surface area contributed by atoms with Crippen molar-refractivity contribution in [2.75, 3.05) is 14.1 Å². The lowest BCUT2D eigenvalue weighted by Gasteiger charge is -1.96. The summed E-state index contributed by atoms with van der Waals surface area (Å²) in [5.41, 5.74) is 5.24. The Balaban J connectivity index is 0.000000336. The molecule has 0 heterocycles. The molecule has 0 fully saturated rings. The second-order valence-electron chi connectivity index (χ2n) is 2.56. The summed E-state index contributed by atoms with van der Waals surface area (Å²) >= 11 is 0. The van der Waals surface area contributed by atoms with E-state index in [-0.39, 0.29) is 5.91 Å². The van der Waals surface area contributed by atoms with Crippen molar-refractivity contribution in [2.24, 2.45) is 5.73 Å². The Morgan fingerprint density at radius 3 is 1.87 bits per heavy atom. The third kappa shape index (κ3) is 6.09. The van der Waals surface area contributed by atoms with Crippen LogP contribution in [0.15, 0.2) is 30.3 Å². The fraction of sp³-hybridized carbons (Fsp3) is 0.200. The van der Waals surface area contributed by atoms with Crippen LogP contribution in [0.4, 0.5) is 4.79 Å². The van der Waals surface area contributed by atoms with E-state index in [1.165, 1.54) is 7.05 Å². The smallest absolute Gasteiger partial charge is 0.311 e. The molecule has 0 atom stereocenters. The second kappa shape index (κ2) is 7.37. The van der Waals surface area contributed by atoms with E-state index in [1.807, 2.05) is 18.2 Å². The third-order valence-corrected chi connectivity index (χ3v) is 1.51. The number of hydrogen-bond acceptors (Lipinski definition) is 2. The zero-order valence-electron chi connectivity index (χ0n) is 8.78. The average Bonchev–Trinajstić information content (AvgIpc) is 2.30. The molecule has 0 radical (unpaired) electrons. The van der Waals surface area contributed by atoms with E-state index in [0.29, 0.717) is 5.56 Å². The molecule has 82 valence electrons. The molecule has 0 aliphatic heterocycles. The van der Waals surface area contributed by atoms with Gasteiger partial charge in [-0.2, -0.15) is 0 Å². The Kier molecular flexibility index (Phi) is 6.37. The van der Waals surface area contributed by atoms with Crippen molar-refractivity contribution in [1.29, 1.82) is 0 Å². The van der Waals surface area contributed by atoms with E-state index in [9.17, 15) is 9.59 Å². The largest absolute Gasteiger partial charge is 0.355 e. The van der Waals surface area contributed by atoms with Gasteiger partial charge in [-0.25, -0.2) is 4.79 Å². The molecule has 4 N–H and O–H groups in total. The Hall–Kier alpha value is -2.04. The van der Waals surface area contributed by atoms with Gasteiger partial charge in [0.15, 0.2) is 0 Å². The number of carbonyl (C=O) groups is 2. The number of primary amides is 1.